The Labute approximate surface area is 144 Å². The molecule has 5 heteroatoms. The van der Waals surface area contributed by atoms with E-state index in [1.807, 2.05) is 32.9 Å². The Hall–Kier alpha value is -2.95. The summed E-state index contributed by atoms with van der Waals surface area (Å²) in [5.74, 6) is -0.957. The average molecular weight is 338 g/mol. The maximum atomic E-state index is 13.7. The summed E-state index contributed by atoms with van der Waals surface area (Å²) in [6, 6.07) is 11.5. The number of aromatic nitrogens is 1. The lowest BCUT2D eigenvalue weighted by Gasteiger charge is -2.15. The van der Waals surface area contributed by atoms with Crippen LogP contribution in [0.1, 0.15) is 16.7 Å². The minimum atomic E-state index is -0.510. The maximum absolute atomic E-state index is 13.7. The van der Waals surface area contributed by atoms with E-state index in [2.05, 4.69) is 5.32 Å². The van der Waals surface area contributed by atoms with Crippen LogP contribution in [0.4, 0.5) is 10.1 Å². The van der Waals surface area contributed by atoms with Gasteiger partial charge in [0.15, 0.2) is 0 Å². The van der Waals surface area contributed by atoms with Gasteiger partial charge in [0.25, 0.3) is 5.56 Å². The third-order valence-electron chi connectivity index (χ3n) is 4.20. The first-order chi connectivity index (χ1) is 11.9. The fraction of sp³-hybridized carbons (Fsp3) is 0.200. The third kappa shape index (κ3) is 3.31. The number of para-hydroxylation sites is 1. The van der Waals surface area contributed by atoms with Crippen LogP contribution < -0.4 is 10.9 Å². The van der Waals surface area contributed by atoms with Crippen molar-refractivity contribution in [3.63, 3.8) is 0 Å². The molecule has 0 aliphatic heterocycles. The lowest BCUT2D eigenvalue weighted by atomic mass is 10.0. The van der Waals surface area contributed by atoms with Gasteiger partial charge < -0.3 is 5.32 Å². The lowest BCUT2D eigenvalue weighted by Crippen LogP contribution is -2.28. The highest BCUT2D eigenvalue weighted by Crippen LogP contribution is 2.22. The number of amides is 1. The molecule has 0 radical (unpaired) electrons. The van der Waals surface area contributed by atoms with Crippen molar-refractivity contribution in [1.82, 2.24) is 4.57 Å². The summed E-state index contributed by atoms with van der Waals surface area (Å²) in [4.78, 5) is 24.8. The molecule has 1 N–H and O–H groups in total. The Morgan fingerprint density at radius 3 is 2.52 bits per heavy atom. The van der Waals surface area contributed by atoms with Gasteiger partial charge in [-0.05, 0) is 50.1 Å². The van der Waals surface area contributed by atoms with E-state index in [0.717, 1.165) is 27.6 Å². The minimum Gasteiger partial charge on any atom is -0.322 e. The number of aryl methyl sites for hydroxylation is 3. The summed E-state index contributed by atoms with van der Waals surface area (Å²) < 4.78 is 15.1. The van der Waals surface area contributed by atoms with Gasteiger partial charge in [-0.25, -0.2) is 4.39 Å². The van der Waals surface area contributed by atoms with Crippen molar-refractivity contribution in [1.29, 1.82) is 0 Å². The summed E-state index contributed by atoms with van der Waals surface area (Å²) >= 11 is 0. The topological polar surface area (TPSA) is 51.1 Å². The van der Waals surface area contributed by atoms with Gasteiger partial charge in [-0.15, -0.1) is 0 Å². The lowest BCUT2D eigenvalue weighted by molar-refractivity contribution is -0.116. The summed E-state index contributed by atoms with van der Waals surface area (Å²) in [5, 5.41) is 3.46. The molecule has 2 aromatic carbocycles. The second kappa shape index (κ2) is 6.51. The number of nitrogens with zero attached hydrogens (tertiary/aromatic N) is 1. The van der Waals surface area contributed by atoms with Crippen LogP contribution in [0.5, 0.6) is 0 Å². The van der Waals surface area contributed by atoms with Crippen LogP contribution >= 0.6 is 0 Å². The zero-order valence-corrected chi connectivity index (χ0v) is 14.4. The number of hydrogen-bond acceptors (Lipinski definition) is 2. The number of fused-ring (bicyclic) bond motifs is 1. The van der Waals surface area contributed by atoms with E-state index in [1.165, 1.54) is 22.8 Å². The summed E-state index contributed by atoms with van der Waals surface area (Å²) in [6.45, 7) is 5.62. The van der Waals surface area contributed by atoms with Crippen molar-refractivity contribution in [3.05, 3.63) is 75.3 Å². The molecule has 1 aromatic heterocycles. The Morgan fingerprint density at radius 1 is 1.08 bits per heavy atom. The van der Waals surface area contributed by atoms with Gasteiger partial charge in [0.05, 0.1) is 11.2 Å². The molecule has 25 heavy (non-hydrogen) atoms. The maximum Gasteiger partial charge on any atom is 0.251 e. The van der Waals surface area contributed by atoms with Crippen molar-refractivity contribution in [2.75, 3.05) is 5.32 Å². The quantitative estimate of drug-likeness (QED) is 0.791. The van der Waals surface area contributed by atoms with Crippen molar-refractivity contribution in [2.24, 2.45) is 0 Å². The molecule has 1 heterocycles. The highest BCUT2D eigenvalue weighted by molar-refractivity contribution is 5.93. The van der Waals surface area contributed by atoms with E-state index >= 15 is 0 Å². The molecule has 0 spiro atoms. The Kier molecular flexibility index (Phi) is 4.40. The molecule has 0 aliphatic carbocycles. The Morgan fingerprint density at radius 2 is 1.80 bits per heavy atom. The van der Waals surface area contributed by atoms with E-state index in [9.17, 15) is 14.0 Å². The van der Waals surface area contributed by atoms with Gasteiger partial charge in [0.2, 0.25) is 5.91 Å². The van der Waals surface area contributed by atoms with Gasteiger partial charge in [0.1, 0.15) is 12.4 Å². The highest BCUT2D eigenvalue weighted by atomic mass is 19.1. The van der Waals surface area contributed by atoms with Crippen LogP contribution in [0.3, 0.4) is 0 Å². The van der Waals surface area contributed by atoms with Crippen LogP contribution in [-0.2, 0) is 11.3 Å². The van der Waals surface area contributed by atoms with Crippen LogP contribution in [0.15, 0.2) is 47.3 Å². The Balaban J connectivity index is 2.03. The van der Waals surface area contributed by atoms with E-state index in [1.54, 1.807) is 12.1 Å². The van der Waals surface area contributed by atoms with Gasteiger partial charge >= 0.3 is 0 Å². The molecule has 0 saturated heterocycles. The zero-order valence-electron chi connectivity index (χ0n) is 14.4. The van der Waals surface area contributed by atoms with Crippen LogP contribution in [0.25, 0.3) is 10.9 Å². The predicted octanol–water partition coefficient (Wildman–Crippen LogP) is 3.70. The average Bonchev–Trinajstić information content (AvgIpc) is 2.53. The molecular formula is C20H19FN2O2. The molecule has 3 rings (SSSR count). The van der Waals surface area contributed by atoms with Crippen LogP contribution in [0.2, 0.25) is 0 Å². The van der Waals surface area contributed by atoms with Crippen LogP contribution in [-0.4, -0.2) is 10.5 Å². The summed E-state index contributed by atoms with van der Waals surface area (Å²) in [7, 11) is 0. The number of anilines is 1. The summed E-state index contributed by atoms with van der Waals surface area (Å²) in [5.41, 5.74) is 3.48. The smallest absolute Gasteiger partial charge is 0.251 e. The number of carbonyl (C=O) groups is 1. The molecular weight excluding hydrogens is 319 g/mol. The van der Waals surface area contributed by atoms with Gasteiger partial charge in [0, 0.05) is 11.5 Å². The van der Waals surface area contributed by atoms with Crippen molar-refractivity contribution in [2.45, 2.75) is 27.3 Å². The van der Waals surface area contributed by atoms with Crippen molar-refractivity contribution in [3.8, 4) is 0 Å². The van der Waals surface area contributed by atoms with E-state index < -0.39 is 11.7 Å². The number of halogens is 1. The number of carbonyl (C=O) groups excluding carboxylic acids is 1. The highest BCUT2D eigenvalue weighted by Gasteiger charge is 2.13. The standard InChI is InChI=1S/C20H19FN2O2/c1-12-8-14(3)20-15(9-12)13(2)10-19(25)23(20)11-18(24)22-17-7-5-4-6-16(17)21/h4-10H,11H2,1-3H3,(H,22,24). The third-order valence-corrected chi connectivity index (χ3v) is 4.20. The summed E-state index contributed by atoms with van der Waals surface area (Å²) in [6.07, 6.45) is 0. The Bertz CT molecular complexity index is 1040. The second-order valence-electron chi connectivity index (χ2n) is 6.26. The van der Waals surface area contributed by atoms with Crippen molar-refractivity contribution >= 4 is 22.5 Å². The van der Waals surface area contributed by atoms with Gasteiger partial charge in [-0.2, -0.15) is 0 Å². The van der Waals surface area contributed by atoms with Crippen molar-refractivity contribution < 1.29 is 9.18 Å². The largest absolute Gasteiger partial charge is 0.322 e. The number of benzene rings is 2. The number of nitrogens with one attached hydrogen (secondary N) is 1. The molecule has 4 nitrogen and oxygen atoms in total. The first-order valence-electron chi connectivity index (χ1n) is 8.02. The molecule has 0 fully saturated rings. The monoisotopic (exact) mass is 338 g/mol. The van der Waals surface area contributed by atoms with E-state index in [0.29, 0.717) is 0 Å². The van der Waals surface area contributed by atoms with E-state index in [-0.39, 0.29) is 17.8 Å². The first kappa shape index (κ1) is 16.9. The van der Waals surface area contributed by atoms with Gasteiger partial charge in [-0.1, -0.05) is 23.8 Å². The van der Waals surface area contributed by atoms with Crippen LogP contribution in [0, 0.1) is 26.6 Å². The molecule has 0 unspecified atom stereocenters. The van der Waals surface area contributed by atoms with E-state index in [4.69, 9.17) is 0 Å². The molecule has 0 atom stereocenters. The normalized spacial score (nSPS) is 10.9. The minimum absolute atomic E-state index is 0.101. The number of hydrogen-bond donors (Lipinski definition) is 1. The molecule has 0 aliphatic rings. The fourth-order valence-corrected chi connectivity index (χ4v) is 3.12. The SMILES string of the molecule is Cc1cc(C)c2c(c1)c(C)cc(=O)n2CC(=O)Nc1ccccc1F. The number of rotatable bonds is 3. The molecule has 0 saturated carbocycles. The first-order valence-corrected chi connectivity index (χ1v) is 8.02. The molecule has 0 bridgehead atoms. The fourth-order valence-electron chi connectivity index (χ4n) is 3.12. The molecule has 3 aromatic rings. The number of pyridine rings is 1. The molecule has 128 valence electrons. The molecule has 1 amide bonds. The zero-order chi connectivity index (χ0) is 18.1. The predicted molar refractivity (Wildman–Crippen MR) is 97.4 cm³/mol. The van der Waals surface area contributed by atoms with Gasteiger partial charge in [-0.3, -0.25) is 14.2 Å². The second-order valence-corrected chi connectivity index (χ2v) is 6.26.